The van der Waals surface area contributed by atoms with E-state index in [4.69, 9.17) is 11.6 Å². The van der Waals surface area contributed by atoms with Crippen molar-refractivity contribution in [3.63, 3.8) is 0 Å². The molecule has 0 aliphatic carbocycles. The molecule has 0 spiro atoms. The van der Waals surface area contributed by atoms with Gasteiger partial charge in [0.1, 0.15) is 6.54 Å². The van der Waals surface area contributed by atoms with E-state index in [0.29, 0.717) is 11.6 Å². The number of nitrogens with zero attached hydrogens (tertiary/aromatic N) is 1. The van der Waals surface area contributed by atoms with Gasteiger partial charge in [-0.05, 0) is 37.1 Å². The normalized spacial score (nSPS) is 10.3. The van der Waals surface area contributed by atoms with Crippen LogP contribution in [0.3, 0.4) is 0 Å². The van der Waals surface area contributed by atoms with Crippen molar-refractivity contribution < 1.29 is 9.59 Å². The van der Waals surface area contributed by atoms with Crippen LogP contribution in [0.25, 0.3) is 0 Å². The van der Waals surface area contributed by atoms with Crippen LogP contribution in [0.15, 0.2) is 42.5 Å². The summed E-state index contributed by atoms with van der Waals surface area (Å²) in [7, 11) is 0. The molecule has 0 aromatic heterocycles. The number of carbonyl (C=O) groups is 2. The lowest BCUT2D eigenvalue weighted by Crippen LogP contribution is -2.40. The maximum atomic E-state index is 12.2. The quantitative estimate of drug-likeness (QED) is 0.900. The summed E-state index contributed by atoms with van der Waals surface area (Å²) in [6.45, 7) is 5.69. The van der Waals surface area contributed by atoms with Crippen molar-refractivity contribution in [3.8, 4) is 0 Å². The smallest absolute Gasteiger partial charge is 0.240 e. The highest BCUT2D eigenvalue weighted by atomic mass is 35.5. The van der Waals surface area contributed by atoms with E-state index in [9.17, 15) is 9.59 Å². The van der Waals surface area contributed by atoms with Crippen molar-refractivity contribution in [1.29, 1.82) is 0 Å². The first-order valence-electron chi connectivity index (χ1n) is 7.74. The van der Waals surface area contributed by atoms with Crippen LogP contribution in [0.4, 0.5) is 5.69 Å². The molecule has 2 aromatic rings. The minimum Gasteiger partial charge on any atom is -0.350 e. The van der Waals surface area contributed by atoms with Gasteiger partial charge in [0.05, 0.1) is 0 Å². The third-order valence-corrected chi connectivity index (χ3v) is 4.13. The van der Waals surface area contributed by atoms with Gasteiger partial charge in [0.2, 0.25) is 11.8 Å². The van der Waals surface area contributed by atoms with Crippen LogP contribution in [0.5, 0.6) is 0 Å². The number of hydrogen-bond acceptors (Lipinski definition) is 2. The number of hydrogen-bond donors (Lipinski definition) is 1. The fraction of sp³-hybridized carbons (Fsp3) is 0.263. The number of halogens is 1. The topological polar surface area (TPSA) is 49.4 Å². The molecule has 0 saturated heterocycles. The van der Waals surface area contributed by atoms with Gasteiger partial charge in [-0.25, -0.2) is 0 Å². The molecule has 24 heavy (non-hydrogen) atoms. The van der Waals surface area contributed by atoms with Crippen molar-refractivity contribution in [2.24, 2.45) is 0 Å². The Labute approximate surface area is 147 Å². The van der Waals surface area contributed by atoms with E-state index < -0.39 is 0 Å². The molecule has 0 bridgehead atoms. The first-order valence-corrected chi connectivity index (χ1v) is 8.11. The molecule has 0 atom stereocenters. The van der Waals surface area contributed by atoms with Gasteiger partial charge in [-0.15, -0.1) is 0 Å². The maximum Gasteiger partial charge on any atom is 0.240 e. The molecule has 1 N–H and O–H groups in total. The van der Waals surface area contributed by atoms with Crippen LogP contribution in [0, 0.1) is 13.8 Å². The van der Waals surface area contributed by atoms with Gasteiger partial charge < -0.3 is 10.2 Å². The van der Waals surface area contributed by atoms with Crippen molar-refractivity contribution in [2.45, 2.75) is 27.3 Å². The van der Waals surface area contributed by atoms with E-state index in [0.717, 1.165) is 22.4 Å². The van der Waals surface area contributed by atoms with E-state index in [2.05, 4.69) is 5.32 Å². The monoisotopic (exact) mass is 344 g/mol. The van der Waals surface area contributed by atoms with Crippen molar-refractivity contribution >= 4 is 29.1 Å². The molecule has 0 saturated carbocycles. The highest BCUT2D eigenvalue weighted by Crippen LogP contribution is 2.21. The lowest BCUT2D eigenvalue weighted by Gasteiger charge is -2.23. The average molecular weight is 345 g/mol. The van der Waals surface area contributed by atoms with Gasteiger partial charge >= 0.3 is 0 Å². The second kappa shape index (κ2) is 7.97. The fourth-order valence-electron chi connectivity index (χ4n) is 2.51. The van der Waals surface area contributed by atoms with Crippen LogP contribution in [0.2, 0.25) is 5.02 Å². The molecule has 0 heterocycles. The lowest BCUT2D eigenvalue weighted by molar-refractivity contribution is -0.123. The maximum absolute atomic E-state index is 12.2. The molecular weight excluding hydrogens is 324 g/mol. The number of amides is 2. The predicted molar refractivity (Wildman–Crippen MR) is 97.2 cm³/mol. The van der Waals surface area contributed by atoms with Crippen molar-refractivity contribution in [2.75, 3.05) is 11.4 Å². The Morgan fingerprint density at radius 2 is 1.83 bits per heavy atom. The fourth-order valence-corrected chi connectivity index (χ4v) is 2.71. The van der Waals surface area contributed by atoms with Gasteiger partial charge in [0.25, 0.3) is 0 Å². The molecule has 0 fully saturated rings. The third kappa shape index (κ3) is 4.59. The van der Waals surface area contributed by atoms with Crippen LogP contribution >= 0.6 is 11.6 Å². The highest BCUT2D eigenvalue weighted by Gasteiger charge is 2.17. The summed E-state index contributed by atoms with van der Waals surface area (Å²) < 4.78 is 0. The Morgan fingerprint density at radius 1 is 1.12 bits per heavy atom. The number of nitrogens with one attached hydrogen (secondary N) is 1. The minimum absolute atomic E-state index is 0.0241. The Kier molecular flexibility index (Phi) is 5.99. The molecule has 2 aromatic carbocycles. The summed E-state index contributed by atoms with van der Waals surface area (Å²) in [5, 5.41) is 3.42. The minimum atomic E-state index is -0.231. The summed E-state index contributed by atoms with van der Waals surface area (Å²) in [5.41, 5.74) is 3.67. The highest BCUT2D eigenvalue weighted by molar-refractivity contribution is 6.31. The molecular formula is C19H21ClN2O2. The Hall–Kier alpha value is -2.33. The van der Waals surface area contributed by atoms with Gasteiger partial charge in [-0.1, -0.05) is 47.5 Å². The molecule has 0 aliphatic rings. The number of benzene rings is 2. The van der Waals surface area contributed by atoms with E-state index in [-0.39, 0.29) is 18.4 Å². The van der Waals surface area contributed by atoms with Gasteiger partial charge in [0, 0.05) is 24.2 Å². The van der Waals surface area contributed by atoms with Crippen LogP contribution < -0.4 is 10.2 Å². The molecule has 0 aliphatic heterocycles. The van der Waals surface area contributed by atoms with Crippen LogP contribution in [-0.2, 0) is 16.1 Å². The lowest BCUT2D eigenvalue weighted by atomic mass is 10.1. The molecule has 0 unspecified atom stereocenters. The van der Waals surface area contributed by atoms with Crippen molar-refractivity contribution in [1.82, 2.24) is 5.32 Å². The molecule has 2 amide bonds. The van der Waals surface area contributed by atoms with Crippen molar-refractivity contribution in [3.05, 3.63) is 64.2 Å². The first-order chi connectivity index (χ1) is 11.4. The molecule has 0 radical (unpaired) electrons. The summed E-state index contributed by atoms with van der Waals surface area (Å²) in [5.74, 6) is -0.403. The summed E-state index contributed by atoms with van der Waals surface area (Å²) in [6, 6.07) is 13.1. The number of carbonyl (C=O) groups excluding carboxylic acids is 2. The zero-order chi connectivity index (χ0) is 17.7. The average Bonchev–Trinajstić information content (AvgIpc) is 2.52. The Balaban J connectivity index is 2.06. The molecule has 4 nitrogen and oxygen atoms in total. The van der Waals surface area contributed by atoms with E-state index in [1.54, 1.807) is 6.07 Å². The number of anilines is 1. The van der Waals surface area contributed by atoms with E-state index >= 15 is 0 Å². The summed E-state index contributed by atoms with van der Waals surface area (Å²) in [4.78, 5) is 25.7. The Bertz CT molecular complexity index is 759. The third-order valence-electron chi connectivity index (χ3n) is 3.76. The predicted octanol–water partition coefficient (Wildman–Crippen LogP) is 3.63. The Morgan fingerprint density at radius 3 is 2.46 bits per heavy atom. The van der Waals surface area contributed by atoms with Crippen LogP contribution in [-0.4, -0.2) is 18.4 Å². The molecule has 5 heteroatoms. The molecule has 126 valence electrons. The largest absolute Gasteiger partial charge is 0.350 e. The van der Waals surface area contributed by atoms with Crippen LogP contribution in [0.1, 0.15) is 23.6 Å². The zero-order valence-corrected chi connectivity index (χ0v) is 14.9. The van der Waals surface area contributed by atoms with Gasteiger partial charge in [-0.3, -0.25) is 9.59 Å². The van der Waals surface area contributed by atoms with Gasteiger partial charge in [0.15, 0.2) is 0 Å². The first kappa shape index (κ1) is 18.0. The van der Waals surface area contributed by atoms with E-state index in [1.807, 2.05) is 50.2 Å². The summed E-state index contributed by atoms with van der Waals surface area (Å²) >= 11 is 6.08. The van der Waals surface area contributed by atoms with E-state index in [1.165, 1.54) is 11.8 Å². The van der Waals surface area contributed by atoms with Gasteiger partial charge in [-0.2, -0.15) is 0 Å². The number of aryl methyl sites for hydroxylation is 2. The SMILES string of the molecule is CC(=O)N(CC(=O)NCc1ccccc1Cl)c1ccc(C)cc1C. The molecule has 2 rings (SSSR count). The second-order valence-corrected chi connectivity index (χ2v) is 6.17. The zero-order valence-electron chi connectivity index (χ0n) is 14.1. The standard InChI is InChI=1S/C19H21ClN2O2/c1-13-8-9-18(14(2)10-13)22(15(3)23)12-19(24)21-11-16-6-4-5-7-17(16)20/h4-10H,11-12H2,1-3H3,(H,21,24). The second-order valence-electron chi connectivity index (χ2n) is 5.76. The summed E-state index contributed by atoms with van der Waals surface area (Å²) in [6.07, 6.45) is 0. The number of rotatable bonds is 5.